The van der Waals surface area contributed by atoms with Gasteiger partial charge in [0.1, 0.15) is 5.60 Å². The van der Waals surface area contributed by atoms with Gasteiger partial charge in [-0.1, -0.05) is 6.08 Å². The first-order chi connectivity index (χ1) is 11.1. The number of allylic oxidation sites excluding steroid dienone is 1. The number of ether oxygens (including phenoxy) is 3. The van der Waals surface area contributed by atoms with Gasteiger partial charge in [0.25, 0.3) is 0 Å². The average molecular weight is 343 g/mol. The van der Waals surface area contributed by atoms with Crippen molar-refractivity contribution in [1.29, 1.82) is 0 Å². The quantitative estimate of drug-likeness (QED) is 0.228. The lowest BCUT2D eigenvalue weighted by Gasteiger charge is -2.31. The Labute approximate surface area is 143 Å². The summed E-state index contributed by atoms with van der Waals surface area (Å²) < 4.78 is 15.2. The Bertz CT molecular complexity index is 434. The van der Waals surface area contributed by atoms with Gasteiger partial charge >= 0.3 is 18.0 Å². The number of rotatable bonds is 9. The van der Waals surface area contributed by atoms with Crippen molar-refractivity contribution in [2.45, 2.75) is 65.0 Å². The molecule has 0 aliphatic rings. The molecule has 1 N–H and O–H groups in total. The summed E-state index contributed by atoms with van der Waals surface area (Å²) in [6, 6.07) is 0. The van der Waals surface area contributed by atoms with Crippen molar-refractivity contribution < 1.29 is 28.6 Å². The molecule has 138 valence electrons. The first kappa shape index (κ1) is 21.9. The molecule has 24 heavy (non-hydrogen) atoms. The first-order valence-electron chi connectivity index (χ1n) is 8.09. The summed E-state index contributed by atoms with van der Waals surface area (Å²) in [5, 5.41) is 2.37. The van der Waals surface area contributed by atoms with Crippen LogP contribution in [-0.2, 0) is 23.8 Å². The highest BCUT2D eigenvalue weighted by atomic mass is 16.6. The minimum Gasteiger partial charge on any atom is -0.464 e. The van der Waals surface area contributed by atoms with Gasteiger partial charge in [-0.15, -0.1) is 6.58 Å². The number of unbranched alkanes of at least 4 members (excludes halogenated alkanes) is 1. The van der Waals surface area contributed by atoms with E-state index >= 15 is 0 Å². The van der Waals surface area contributed by atoms with Gasteiger partial charge < -0.3 is 14.2 Å². The highest BCUT2D eigenvalue weighted by Crippen LogP contribution is 2.21. The molecule has 0 aromatic carbocycles. The predicted octanol–water partition coefficient (Wildman–Crippen LogP) is 2.73. The lowest BCUT2D eigenvalue weighted by atomic mass is 9.92. The summed E-state index contributed by atoms with van der Waals surface area (Å²) in [5.41, 5.74) is -2.71. The van der Waals surface area contributed by atoms with E-state index in [9.17, 15) is 14.4 Å². The Balaban J connectivity index is 5.59. The fourth-order valence-corrected chi connectivity index (χ4v) is 1.95. The van der Waals surface area contributed by atoms with E-state index in [1.54, 1.807) is 40.7 Å². The van der Waals surface area contributed by atoms with Gasteiger partial charge in [0.2, 0.25) is 5.54 Å². The zero-order valence-electron chi connectivity index (χ0n) is 15.3. The van der Waals surface area contributed by atoms with E-state index in [0.717, 1.165) is 0 Å². The van der Waals surface area contributed by atoms with Crippen LogP contribution in [0.15, 0.2) is 12.7 Å². The van der Waals surface area contributed by atoms with Crippen molar-refractivity contribution in [2.24, 2.45) is 0 Å². The van der Waals surface area contributed by atoms with Crippen LogP contribution >= 0.6 is 0 Å². The molecule has 1 amide bonds. The van der Waals surface area contributed by atoms with E-state index in [2.05, 4.69) is 11.9 Å². The van der Waals surface area contributed by atoms with Crippen LogP contribution in [0.2, 0.25) is 0 Å². The van der Waals surface area contributed by atoms with E-state index in [0.29, 0.717) is 12.8 Å². The average Bonchev–Trinajstić information content (AvgIpc) is 2.44. The third kappa shape index (κ3) is 7.02. The van der Waals surface area contributed by atoms with Gasteiger partial charge in [-0.05, 0) is 53.9 Å². The van der Waals surface area contributed by atoms with Crippen LogP contribution in [0.5, 0.6) is 0 Å². The summed E-state index contributed by atoms with van der Waals surface area (Å²) in [6.45, 7) is 12.0. The molecule has 0 aromatic rings. The van der Waals surface area contributed by atoms with E-state index in [1.165, 1.54) is 0 Å². The number of amides is 1. The van der Waals surface area contributed by atoms with Gasteiger partial charge in [-0.2, -0.15) is 0 Å². The molecule has 7 heteroatoms. The van der Waals surface area contributed by atoms with E-state index < -0.39 is 29.2 Å². The second-order valence-electron chi connectivity index (χ2n) is 6.15. The van der Waals surface area contributed by atoms with Gasteiger partial charge in [-0.25, -0.2) is 14.4 Å². The standard InChI is InChI=1S/C17H29NO6/c1-7-10-11-12-17(13(19)22-8-2,14(20)23-9-3)18-15(21)24-16(4,5)6/h7H,1,8-12H2,2-6H3,(H,18,21). The fourth-order valence-electron chi connectivity index (χ4n) is 1.95. The SMILES string of the molecule is C=CCCCC(NC(=O)OC(C)(C)C)(C(=O)OCC)C(=O)OCC. The molecule has 7 nitrogen and oxygen atoms in total. The number of alkyl carbamates (subject to hydrolysis) is 1. The Morgan fingerprint density at radius 2 is 1.54 bits per heavy atom. The number of carbonyl (C=O) groups excluding carboxylic acids is 3. The summed E-state index contributed by atoms with van der Waals surface area (Å²) in [7, 11) is 0. The van der Waals surface area contributed by atoms with Crippen molar-refractivity contribution in [1.82, 2.24) is 5.32 Å². The molecule has 0 aromatic heterocycles. The molecule has 0 heterocycles. The first-order valence-corrected chi connectivity index (χ1v) is 8.09. The smallest absolute Gasteiger partial charge is 0.409 e. The van der Waals surface area contributed by atoms with Crippen molar-refractivity contribution >= 4 is 18.0 Å². The normalized spacial score (nSPS) is 11.4. The maximum Gasteiger partial charge on any atom is 0.409 e. The molecule has 0 atom stereocenters. The van der Waals surface area contributed by atoms with Crippen LogP contribution in [-0.4, -0.2) is 42.4 Å². The van der Waals surface area contributed by atoms with Gasteiger partial charge in [0, 0.05) is 0 Å². The molecule has 0 rings (SSSR count). The van der Waals surface area contributed by atoms with Crippen LogP contribution in [0.3, 0.4) is 0 Å². The molecular weight excluding hydrogens is 314 g/mol. The Hall–Kier alpha value is -2.05. The lowest BCUT2D eigenvalue weighted by Crippen LogP contribution is -2.62. The van der Waals surface area contributed by atoms with Crippen LogP contribution in [0.1, 0.15) is 53.9 Å². The number of hydrogen-bond donors (Lipinski definition) is 1. The predicted molar refractivity (Wildman–Crippen MR) is 89.4 cm³/mol. The molecule has 0 aliphatic heterocycles. The zero-order valence-corrected chi connectivity index (χ0v) is 15.3. The molecule has 0 unspecified atom stereocenters. The molecular formula is C17H29NO6. The topological polar surface area (TPSA) is 90.9 Å². The minimum atomic E-state index is -1.93. The van der Waals surface area contributed by atoms with E-state index in [4.69, 9.17) is 14.2 Å². The van der Waals surface area contributed by atoms with E-state index in [-0.39, 0.29) is 19.6 Å². The van der Waals surface area contributed by atoms with Gasteiger partial charge in [0.15, 0.2) is 0 Å². The largest absolute Gasteiger partial charge is 0.464 e. The summed E-state index contributed by atoms with van der Waals surface area (Å²) in [4.78, 5) is 37.1. The highest BCUT2D eigenvalue weighted by Gasteiger charge is 2.50. The van der Waals surface area contributed by atoms with Gasteiger partial charge in [-0.3, -0.25) is 5.32 Å². The van der Waals surface area contributed by atoms with E-state index in [1.807, 2.05) is 0 Å². The van der Waals surface area contributed by atoms with Crippen LogP contribution in [0.25, 0.3) is 0 Å². The van der Waals surface area contributed by atoms with Gasteiger partial charge in [0.05, 0.1) is 13.2 Å². The molecule has 0 aliphatic carbocycles. The minimum absolute atomic E-state index is 0.0237. The van der Waals surface area contributed by atoms with Crippen LogP contribution in [0.4, 0.5) is 4.79 Å². The molecule has 0 radical (unpaired) electrons. The van der Waals surface area contributed by atoms with Crippen molar-refractivity contribution in [3.05, 3.63) is 12.7 Å². The zero-order chi connectivity index (χ0) is 18.8. The summed E-state index contributed by atoms with van der Waals surface area (Å²) >= 11 is 0. The van der Waals surface area contributed by atoms with Crippen LogP contribution < -0.4 is 5.32 Å². The number of hydrogen-bond acceptors (Lipinski definition) is 6. The molecule has 0 fully saturated rings. The second kappa shape index (κ2) is 9.95. The summed E-state index contributed by atoms with van der Waals surface area (Å²) in [5.74, 6) is -1.73. The third-order valence-corrected chi connectivity index (χ3v) is 2.92. The highest BCUT2D eigenvalue weighted by molar-refractivity contribution is 6.07. The third-order valence-electron chi connectivity index (χ3n) is 2.92. The monoisotopic (exact) mass is 343 g/mol. The molecule has 0 bridgehead atoms. The lowest BCUT2D eigenvalue weighted by molar-refractivity contribution is -0.166. The molecule has 0 spiro atoms. The number of carbonyl (C=O) groups is 3. The van der Waals surface area contributed by atoms with Crippen LogP contribution in [0, 0.1) is 0 Å². The number of nitrogens with one attached hydrogen (secondary N) is 1. The number of esters is 2. The second-order valence-corrected chi connectivity index (χ2v) is 6.15. The van der Waals surface area contributed by atoms with Crippen molar-refractivity contribution in [3.63, 3.8) is 0 Å². The van der Waals surface area contributed by atoms with Crippen molar-refractivity contribution in [3.8, 4) is 0 Å². The Morgan fingerprint density at radius 1 is 1.04 bits per heavy atom. The Morgan fingerprint density at radius 3 is 1.92 bits per heavy atom. The molecule has 0 saturated heterocycles. The maximum atomic E-state index is 12.5. The summed E-state index contributed by atoms with van der Waals surface area (Å²) in [6.07, 6.45) is 1.81. The maximum absolute atomic E-state index is 12.5. The fraction of sp³-hybridized carbons (Fsp3) is 0.706. The Kier molecular flexibility index (Phi) is 9.10. The van der Waals surface area contributed by atoms with Crippen molar-refractivity contribution in [2.75, 3.05) is 13.2 Å². The molecule has 0 saturated carbocycles.